The molecule has 0 amide bonds. The number of fused-ring (bicyclic) bond motifs is 1. The lowest BCUT2D eigenvalue weighted by Crippen LogP contribution is -2.30. The summed E-state index contributed by atoms with van der Waals surface area (Å²) in [6.45, 7) is 0. The summed E-state index contributed by atoms with van der Waals surface area (Å²) in [4.78, 5) is 0. The molecule has 1 aromatic rings. The molecule has 3 rings (SSSR count). The molecule has 2 aliphatic carbocycles. The fourth-order valence-electron chi connectivity index (χ4n) is 2.51. The van der Waals surface area contributed by atoms with Crippen LogP contribution < -0.4 is 5.73 Å². The second-order valence-electron chi connectivity index (χ2n) is 5.02. The molecule has 2 heteroatoms. The van der Waals surface area contributed by atoms with Crippen molar-refractivity contribution in [1.29, 1.82) is 0 Å². The summed E-state index contributed by atoms with van der Waals surface area (Å²) in [7, 11) is 0. The highest BCUT2D eigenvalue weighted by molar-refractivity contribution is 5.37. The van der Waals surface area contributed by atoms with E-state index in [0.29, 0.717) is 0 Å². The molecule has 80 valence electrons. The Morgan fingerprint density at radius 2 is 1.93 bits per heavy atom. The molecule has 0 aromatic heterocycles. The second-order valence-corrected chi connectivity index (χ2v) is 5.02. The summed E-state index contributed by atoms with van der Waals surface area (Å²) in [5.74, 6) is 0. The van der Waals surface area contributed by atoms with Crippen LogP contribution in [0.25, 0.3) is 0 Å². The Morgan fingerprint density at radius 1 is 1.20 bits per heavy atom. The molecule has 1 unspecified atom stereocenters. The van der Waals surface area contributed by atoms with E-state index < -0.39 is 6.10 Å². The Morgan fingerprint density at radius 3 is 2.67 bits per heavy atom. The van der Waals surface area contributed by atoms with Gasteiger partial charge in [-0.25, -0.2) is 0 Å². The fraction of sp³-hybridized carbons (Fsp3) is 0.538. The van der Waals surface area contributed by atoms with Crippen LogP contribution in [0.15, 0.2) is 18.2 Å². The van der Waals surface area contributed by atoms with Crippen LogP contribution in [-0.2, 0) is 12.8 Å². The van der Waals surface area contributed by atoms with E-state index in [2.05, 4.69) is 12.1 Å². The molecule has 0 aliphatic heterocycles. The summed E-state index contributed by atoms with van der Waals surface area (Å²) in [6.07, 6.45) is 5.04. The lowest BCUT2D eigenvalue weighted by molar-refractivity contribution is 0.136. The van der Waals surface area contributed by atoms with Gasteiger partial charge in [0.1, 0.15) is 0 Å². The zero-order chi connectivity index (χ0) is 10.5. The number of hydrogen-bond acceptors (Lipinski definition) is 2. The minimum Gasteiger partial charge on any atom is -0.386 e. The molecule has 1 saturated carbocycles. The first-order valence-corrected chi connectivity index (χ1v) is 5.78. The summed E-state index contributed by atoms with van der Waals surface area (Å²) in [6, 6.07) is 6.36. The van der Waals surface area contributed by atoms with Crippen molar-refractivity contribution in [2.75, 3.05) is 0 Å². The van der Waals surface area contributed by atoms with E-state index in [9.17, 15) is 5.11 Å². The smallest absolute Gasteiger partial charge is 0.0969 e. The van der Waals surface area contributed by atoms with E-state index in [0.717, 1.165) is 24.8 Å². The number of rotatable bonds is 2. The molecule has 0 saturated heterocycles. The predicted molar refractivity (Wildman–Crippen MR) is 59.6 cm³/mol. The maximum absolute atomic E-state index is 10.1. The zero-order valence-corrected chi connectivity index (χ0v) is 8.87. The number of aryl methyl sites for hydroxylation is 2. The molecule has 15 heavy (non-hydrogen) atoms. The van der Waals surface area contributed by atoms with E-state index in [1.165, 1.54) is 24.0 Å². The Balaban J connectivity index is 1.92. The molecule has 2 nitrogen and oxygen atoms in total. The van der Waals surface area contributed by atoms with E-state index in [-0.39, 0.29) is 5.54 Å². The highest BCUT2D eigenvalue weighted by Gasteiger charge is 2.45. The fourth-order valence-corrected chi connectivity index (χ4v) is 2.51. The topological polar surface area (TPSA) is 46.2 Å². The monoisotopic (exact) mass is 203 g/mol. The third-order valence-electron chi connectivity index (χ3n) is 3.81. The molecule has 1 aromatic carbocycles. The summed E-state index contributed by atoms with van der Waals surface area (Å²) < 4.78 is 0. The Labute approximate surface area is 90.1 Å². The maximum atomic E-state index is 10.1. The van der Waals surface area contributed by atoms with Gasteiger partial charge < -0.3 is 10.8 Å². The lowest BCUT2D eigenvalue weighted by Gasteiger charge is -2.18. The first-order valence-electron chi connectivity index (χ1n) is 5.78. The molecular weight excluding hydrogens is 186 g/mol. The van der Waals surface area contributed by atoms with Crippen LogP contribution in [-0.4, -0.2) is 10.6 Å². The molecule has 0 radical (unpaired) electrons. The number of benzene rings is 1. The number of hydrogen-bond donors (Lipinski definition) is 2. The quantitative estimate of drug-likeness (QED) is 0.768. The first-order chi connectivity index (χ1) is 7.19. The summed E-state index contributed by atoms with van der Waals surface area (Å²) in [5, 5.41) is 10.1. The van der Waals surface area contributed by atoms with Gasteiger partial charge in [0.25, 0.3) is 0 Å². The minimum absolute atomic E-state index is 0.327. The molecule has 2 aliphatic rings. The molecule has 0 bridgehead atoms. The van der Waals surface area contributed by atoms with Crippen molar-refractivity contribution in [3.8, 4) is 0 Å². The van der Waals surface area contributed by atoms with Crippen LogP contribution in [0.1, 0.15) is 42.1 Å². The normalized spacial score (nSPS) is 23.6. The predicted octanol–water partition coefficient (Wildman–Crippen LogP) is 1.70. The Hall–Kier alpha value is -0.860. The number of aliphatic hydroxyl groups excluding tert-OH is 1. The largest absolute Gasteiger partial charge is 0.386 e. The second kappa shape index (κ2) is 3.06. The van der Waals surface area contributed by atoms with Gasteiger partial charge in [0.05, 0.1) is 6.10 Å². The van der Waals surface area contributed by atoms with E-state index >= 15 is 0 Å². The highest BCUT2D eigenvalue weighted by Crippen LogP contribution is 2.43. The van der Waals surface area contributed by atoms with Crippen molar-refractivity contribution in [3.05, 3.63) is 34.9 Å². The van der Waals surface area contributed by atoms with Gasteiger partial charge in [-0.05, 0) is 48.8 Å². The third kappa shape index (κ3) is 1.48. The number of nitrogens with two attached hydrogens (primary N) is 1. The third-order valence-corrected chi connectivity index (χ3v) is 3.81. The maximum Gasteiger partial charge on any atom is 0.0969 e. The van der Waals surface area contributed by atoms with E-state index in [1.807, 2.05) is 6.07 Å². The van der Waals surface area contributed by atoms with Gasteiger partial charge in [-0.15, -0.1) is 0 Å². The number of aliphatic hydroxyl groups is 1. The van der Waals surface area contributed by atoms with E-state index in [1.54, 1.807) is 0 Å². The van der Waals surface area contributed by atoms with Gasteiger partial charge in [0.15, 0.2) is 0 Å². The van der Waals surface area contributed by atoms with Crippen molar-refractivity contribution in [1.82, 2.24) is 0 Å². The van der Waals surface area contributed by atoms with Crippen LogP contribution in [0.5, 0.6) is 0 Å². The molecule has 1 fully saturated rings. The van der Waals surface area contributed by atoms with Gasteiger partial charge in [-0.1, -0.05) is 18.2 Å². The van der Waals surface area contributed by atoms with Crippen molar-refractivity contribution >= 4 is 0 Å². The van der Waals surface area contributed by atoms with Crippen LogP contribution >= 0.6 is 0 Å². The van der Waals surface area contributed by atoms with Crippen LogP contribution in [0.2, 0.25) is 0 Å². The zero-order valence-electron chi connectivity index (χ0n) is 8.87. The molecule has 0 spiro atoms. The van der Waals surface area contributed by atoms with Crippen LogP contribution in [0, 0.1) is 0 Å². The van der Waals surface area contributed by atoms with Gasteiger partial charge >= 0.3 is 0 Å². The highest BCUT2D eigenvalue weighted by atomic mass is 16.3. The lowest BCUT2D eigenvalue weighted by atomic mass is 9.97. The Kier molecular flexibility index (Phi) is 1.91. The standard InChI is InChI=1S/C13H17NO/c14-13(6-7-13)12(15)11-5-4-9-2-1-3-10(9)8-11/h4-5,8,12,15H,1-3,6-7,14H2. The minimum atomic E-state index is -0.469. The van der Waals surface area contributed by atoms with Crippen LogP contribution in [0.4, 0.5) is 0 Å². The van der Waals surface area contributed by atoms with Crippen LogP contribution in [0.3, 0.4) is 0 Å². The van der Waals surface area contributed by atoms with Crippen molar-refractivity contribution in [2.45, 2.75) is 43.7 Å². The molecular formula is C13H17NO. The Bertz CT molecular complexity index is 396. The summed E-state index contributed by atoms with van der Waals surface area (Å²) >= 11 is 0. The molecule has 3 N–H and O–H groups in total. The molecule has 0 heterocycles. The van der Waals surface area contributed by atoms with Gasteiger partial charge in [0, 0.05) is 5.54 Å². The van der Waals surface area contributed by atoms with Gasteiger partial charge in [-0.3, -0.25) is 0 Å². The van der Waals surface area contributed by atoms with Gasteiger partial charge in [-0.2, -0.15) is 0 Å². The van der Waals surface area contributed by atoms with Crippen molar-refractivity contribution in [3.63, 3.8) is 0 Å². The first kappa shape index (κ1) is 9.37. The molecule has 1 atom stereocenters. The van der Waals surface area contributed by atoms with Crippen molar-refractivity contribution in [2.24, 2.45) is 5.73 Å². The average Bonchev–Trinajstić information content (AvgIpc) is 2.82. The SMILES string of the molecule is NC1(C(O)c2ccc3c(c2)CCC3)CC1. The van der Waals surface area contributed by atoms with E-state index in [4.69, 9.17) is 5.73 Å². The summed E-state index contributed by atoms with van der Waals surface area (Å²) in [5.41, 5.74) is 9.57. The van der Waals surface area contributed by atoms with Crippen molar-refractivity contribution < 1.29 is 5.11 Å². The average molecular weight is 203 g/mol. The van der Waals surface area contributed by atoms with Gasteiger partial charge in [0.2, 0.25) is 0 Å².